The molecule has 3 heterocycles. The van der Waals surface area contributed by atoms with Gasteiger partial charge in [-0.3, -0.25) is 28.7 Å². The number of hydrogen-bond acceptors (Lipinski definition) is 11. The molecule has 1 aliphatic rings. The van der Waals surface area contributed by atoms with E-state index in [4.69, 9.17) is 24.7 Å². The molecule has 0 spiro atoms. The lowest BCUT2D eigenvalue weighted by Crippen LogP contribution is -2.40. The first-order chi connectivity index (χ1) is 13.7. The van der Waals surface area contributed by atoms with Crippen molar-refractivity contribution in [3.63, 3.8) is 0 Å². The number of anilines is 1. The number of carbonyl (C=O) groups is 3. The Morgan fingerprint density at radius 3 is 2.45 bits per heavy atom. The third-order valence-corrected chi connectivity index (χ3v) is 4.07. The number of aromatic nitrogens is 4. The molecule has 0 aromatic carbocycles. The molecule has 29 heavy (non-hydrogen) atoms. The van der Waals surface area contributed by atoms with Crippen LogP contribution in [0.2, 0.25) is 0 Å². The number of nitrogens with two attached hydrogens (primary N) is 1. The summed E-state index contributed by atoms with van der Waals surface area (Å²) in [6, 6.07) is 0. The molecule has 156 valence electrons. The maximum atomic E-state index is 12.0. The topological polar surface area (TPSA) is 178 Å². The molecule has 1 fully saturated rings. The van der Waals surface area contributed by atoms with Crippen LogP contribution in [0.15, 0.2) is 11.1 Å². The fourth-order valence-corrected chi connectivity index (χ4v) is 3.05. The van der Waals surface area contributed by atoms with Crippen LogP contribution in [0.1, 0.15) is 27.0 Å². The molecule has 1 saturated heterocycles. The van der Waals surface area contributed by atoms with Gasteiger partial charge < -0.3 is 24.7 Å². The normalized spacial score (nSPS) is 23.7. The molecule has 0 amide bonds. The molecule has 0 aliphatic carbocycles. The van der Waals surface area contributed by atoms with E-state index < -0.39 is 48.0 Å². The van der Waals surface area contributed by atoms with Crippen molar-refractivity contribution in [3.05, 3.63) is 16.7 Å². The fourth-order valence-electron chi connectivity index (χ4n) is 3.05. The van der Waals surface area contributed by atoms with Gasteiger partial charge in [-0.15, -0.1) is 0 Å². The Morgan fingerprint density at radius 2 is 1.83 bits per heavy atom. The van der Waals surface area contributed by atoms with Crippen LogP contribution in [-0.2, 0) is 33.3 Å². The summed E-state index contributed by atoms with van der Waals surface area (Å²) >= 11 is 0. The Balaban J connectivity index is 2.05. The first kappa shape index (κ1) is 20.3. The SMILES string of the molecule is CC(=O)OC[C@@H]1O[C@H](n2cnc3c(=O)[nH]c(N)nc32)[C@@H](OC(C)=O)[C@H]1OC(C)=O. The molecule has 1 aliphatic heterocycles. The maximum absolute atomic E-state index is 12.0. The van der Waals surface area contributed by atoms with Gasteiger partial charge in [-0.2, -0.15) is 4.98 Å². The number of nitrogen functional groups attached to an aromatic ring is 1. The molecular weight excluding hydrogens is 390 g/mol. The Hall–Kier alpha value is -3.48. The predicted molar refractivity (Wildman–Crippen MR) is 94.2 cm³/mol. The molecule has 13 heteroatoms. The van der Waals surface area contributed by atoms with E-state index in [-0.39, 0.29) is 23.7 Å². The van der Waals surface area contributed by atoms with Crippen molar-refractivity contribution in [3.8, 4) is 0 Å². The Bertz CT molecular complexity index is 1010. The summed E-state index contributed by atoms with van der Waals surface area (Å²) < 4.78 is 22.8. The molecule has 0 unspecified atom stereocenters. The van der Waals surface area contributed by atoms with E-state index in [1.54, 1.807) is 0 Å². The van der Waals surface area contributed by atoms with Crippen molar-refractivity contribution in [2.24, 2.45) is 0 Å². The van der Waals surface area contributed by atoms with Gasteiger partial charge in [-0.05, 0) is 0 Å². The van der Waals surface area contributed by atoms with E-state index in [9.17, 15) is 19.2 Å². The van der Waals surface area contributed by atoms with Crippen LogP contribution in [0.4, 0.5) is 5.95 Å². The molecule has 3 rings (SSSR count). The molecule has 0 saturated carbocycles. The Kier molecular flexibility index (Phi) is 5.50. The second-order valence-electron chi connectivity index (χ2n) is 6.29. The molecule has 3 N–H and O–H groups in total. The zero-order chi connectivity index (χ0) is 21.3. The van der Waals surface area contributed by atoms with Crippen LogP contribution in [0.3, 0.4) is 0 Å². The summed E-state index contributed by atoms with van der Waals surface area (Å²) in [4.78, 5) is 56.9. The van der Waals surface area contributed by atoms with Crippen LogP contribution in [-0.4, -0.2) is 62.3 Å². The van der Waals surface area contributed by atoms with Crippen molar-refractivity contribution >= 4 is 35.0 Å². The monoisotopic (exact) mass is 409 g/mol. The van der Waals surface area contributed by atoms with Gasteiger partial charge in [0.2, 0.25) is 5.95 Å². The minimum atomic E-state index is -1.13. The highest BCUT2D eigenvalue weighted by Crippen LogP contribution is 2.35. The second-order valence-corrected chi connectivity index (χ2v) is 6.29. The van der Waals surface area contributed by atoms with E-state index in [1.165, 1.54) is 31.7 Å². The predicted octanol–water partition coefficient (Wildman–Crippen LogP) is -0.974. The first-order valence-electron chi connectivity index (χ1n) is 8.53. The number of fused-ring (bicyclic) bond motifs is 1. The van der Waals surface area contributed by atoms with Crippen LogP contribution < -0.4 is 11.3 Å². The van der Waals surface area contributed by atoms with E-state index in [2.05, 4.69) is 15.0 Å². The van der Waals surface area contributed by atoms with Crippen LogP contribution in [0.25, 0.3) is 11.2 Å². The quantitative estimate of drug-likeness (QED) is 0.458. The Labute approximate surface area is 163 Å². The lowest BCUT2D eigenvalue weighted by molar-refractivity contribution is -0.166. The van der Waals surface area contributed by atoms with Crippen molar-refractivity contribution in [2.75, 3.05) is 12.3 Å². The van der Waals surface area contributed by atoms with Gasteiger partial charge in [0, 0.05) is 20.8 Å². The molecule has 13 nitrogen and oxygen atoms in total. The average molecular weight is 409 g/mol. The van der Waals surface area contributed by atoms with Gasteiger partial charge >= 0.3 is 17.9 Å². The zero-order valence-electron chi connectivity index (χ0n) is 15.8. The maximum Gasteiger partial charge on any atom is 0.303 e. The number of H-pyrrole nitrogens is 1. The Morgan fingerprint density at radius 1 is 1.17 bits per heavy atom. The van der Waals surface area contributed by atoms with E-state index in [1.807, 2.05) is 0 Å². The number of nitrogens with one attached hydrogen (secondary N) is 1. The van der Waals surface area contributed by atoms with Gasteiger partial charge in [-0.25, -0.2) is 4.98 Å². The smallest absolute Gasteiger partial charge is 0.303 e. The number of hydrogen-bond donors (Lipinski definition) is 2. The summed E-state index contributed by atoms with van der Waals surface area (Å²) in [6.07, 6.45) is -2.99. The average Bonchev–Trinajstić information content (AvgIpc) is 3.15. The largest absolute Gasteiger partial charge is 0.463 e. The highest BCUT2D eigenvalue weighted by Gasteiger charge is 2.51. The van der Waals surface area contributed by atoms with Gasteiger partial charge in [-0.1, -0.05) is 0 Å². The number of nitrogens with zero attached hydrogens (tertiary/aromatic N) is 3. The lowest BCUT2D eigenvalue weighted by Gasteiger charge is -2.23. The molecule has 0 bridgehead atoms. The summed E-state index contributed by atoms with van der Waals surface area (Å²) in [5.41, 5.74) is 5.09. The number of aromatic amines is 1. The van der Waals surface area contributed by atoms with E-state index >= 15 is 0 Å². The second kappa shape index (κ2) is 7.87. The molecule has 2 aromatic rings. The third-order valence-electron chi connectivity index (χ3n) is 4.07. The highest BCUT2D eigenvalue weighted by molar-refractivity contribution is 5.71. The molecule has 0 radical (unpaired) electrons. The van der Waals surface area contributed by atoms with Gasteiger partial charge in [0.15, 0.2) is 29.6 Å². The highest BCUT2D eigenvalue weighted by atomic mass is 16.7. The summed E-state index contributed by atoms with van der Waals surface area (Å²) in [7, 11) is 0. The van der Waals surface area contributed by atoms with E-state index in [0.717, 1.165) is 0 Å². The molecule has 4 atom stereocenters. The zero-order valence-corrected chi connectivity index (χ0v) is 15.8. The van der Waals surface area contributed by atoms with Gasteiger partial charge in [0.05, 0.1) is 6.33 Å². The van der Waals surface area contributed by atoms with Gasteiger partial charge in [0.25, 0.3) is 5.56 Å². The van der Waals surface area contributed by atoms with Gasteiger partial charge in [0.1, 0.15) is 12.7 Å². The fraction of sp³-hybridized carbons (Fsp3) is 0.500. The number of esters is 3. The minimum Gasteiger partial charge on any atom is -0.463 e. The summed E-state index contributed by atoms with van der Waals surface area (Å²) in [6.45, 7) is 3.30. The summed E-state index contributed by atoms with van der Waals surface area (Å²) in [5, 5.41) is 0. The van der Waals surface area contributed by atoms with Crippen LogP contribution in [0, 0.1) is 0 Å². The first-order valence-corrected chi connectivity index (χ1v) is 8.53. The number of imidazole rings is 1. The van der Waals surface area contributed by atoms with Crippen molar-refractivity contribution in [1.82, 2.24) is 19.5 Å². The lowest BCUT2D eigenvalue weighted by atomic mass is 10.1. The van der Waals surface area contributed by atoms with Crippen molar-refractivity contribution < 1.29 is 33.3 Å². The molecule has 2 aromatic heterocycles. The number of ether oxygens (including phenoxy) is 4. The standard InChI is InChI=1S/C16H19N5O8/c1-6(22)26-4-9-11(27-7(2)23)12(28-8(3)24)15(29-9)21-5-18-10-13(21)19-16(17)20-14(10)25/h5,9,11-12,15H,4H2,1-3H3,(H3,17,19,20,25)/t9-,11-,12-,15-/m0/s1. The van der Waals surface area contributed by atoms with Crippen molar-refractivity contribution in [2.45, 2.75) is 45.3 Å². The number of rotatable bonds is 5. The summed E-state index contributed by atoms with van der Waals surface area (Å²) in [5.74, 6) is -2.04. The minimum absolute atomic E-state index is 0.0168. The number of carbonyl (C=O) groups excluding carboxylic acids is 3. The van der Waals surface area contributed by atoms with Crippen LogP contribution in [0.5, 0.6) is 0 Å². The molecular formula is C16H19N5O8. The third kappa shape index (κ3) is 4.18. The van der Waals surface area contributed by atoms with Crippen LogP contribution >= 0.6 is 0 Å². The van der Waals surface area contributed by atoms with Crippen molar-refractivity contribution in [1.29, 1.82) is 0 Å². The van der Waals surface area contributed by atoms with E-state index in [0.29, 0.717) is 0 Å².